The van der Waals surface area contributed by atoms with Gasteiger partial charge >= 0.3 is 5.69 Å². The Labute approximate surface area is 196 Å². The Balaban J connectivity index is 1.75. The van der Waals surface area contributed by atoms with Crippen LogP contribution in [0.25, 0.3) is 0 Å². The highest BCUT2D eigenvalue weighted by Crippen LogP contribution is 2.26. The van der Waals surface area contributed by atoms with Gasteiger partial charge in [0.15, 0.2) is 5.69 Å². The highest BCUT2D eigenvalue weighted by molar-refractivity contribution is 7.14. The number of H-pyrrole nitrogens is 1. The topological polar surface area (TPSA) is 101 Å². The number of nitrogen functional groups attached to an aromatic ring is 1. The van der Waals surface area contributed by atoms with Crippen molar-refractivity contribution in [2.45, 2.75) is 45.6 Å². The summed E-state index contributed by atoms with van der Waals surface area (Å²) in [5, 5.41) is 0. The van der Waals surface area contributed by atoms with Crippen LogP contribution in [0.15, 0.2) is 63.7 Å². The molecule has 0 radical (unpaired) electrons. The number of aromatic nitrogens is 2. The number of anilines is 2. The van der Waals surface area contributed by atoms with Crippen LogP contribution in [-0.2, 0) is 6.54 Å². The van der Waals surface area contributed by atoms with Gasteiger partial charge in [-0.1, -0.05) is 42.0 Å². The number of nitrogens with zero attached hydrogens (tertiary/aromatic N) is 2. The Hall–Kier alpha value is -3.39. The largest absolute Gasteiger partial charge is 0.383 e. The molecule has 33 heavy (non-hydrogen) atoms. The standard InChI is InChI=1S/C25H28N4O3S/c1-17-12-13-20(33-17)24(31)28(15-14-18-8-4-2-5-9-18)21-22(26)29(25(32)27-23(21)30)16-19-10-6-3-7-11-19/h3,6-8,10-13H,2,4-5,9,14-16,26H2,1H3,(H,27,30,32). The third-order valence-electron chi connectivity index (χ3n) is 5.91. The first-order valence-electron chi connectivity index (χ1n) is 11.2. The molecule has 1 aliphatic carbocycles. The summed E-state index contributed by atoms with van der Waals surface area (Å²) in [7, 11) is 0. The van der Waals surface area contributed by atoms with Crippen molar-refractivity contribution in [3.8, 4) is 0 Å². The van der Waals surface area contributed by atoms with E-state index in [0.29, 0.717) is 17.8 Å². The molecule has 8 heteroatoms. The minimum atomic E-state index is -0.652. The Morgan fingerprint density at radius 3 is 2.61 bits per heavy atom. The number of rotatable bonds is 7. The van der Waals surface area contributed by atoms with Gasteiger partial charge in [-0.15, -0.1) is 11.3 Å². The number of allylic oxidation sites excluding steroid dienone is 1. The highest BCUT2D eigenvalue weighted by atomic mass is 32.1. The molecule has 0 fully saturated rings. The van der Waals surface area contributed by atoms with Crippen molar-refractivity contribution in [1.82, 2.24) is 9.55 Å². The lowest BCUT2D eigenvalue weighted by atomic mass is 9.97. The molecule has 2 heterocycles. The fourth-order valence-electron chi connectivity index (χ4n) is 4.15. The van der Waals surface area contributed by atoms with E-state index in [0.717, 1.165) is 29.7 Å². The minimum Gasteiger partial charge on any atom is -0.383 e. The third kappa shape index (κ3) is 5.17. The van der Waals surface area contributed by atoms with Gasteiger partial charge in [0.25, 0.3) is 11.5 Å². The number of benzene rings is 1. The maximum absolute atomic E-state index is 13.5. The number of thiophene rings is 1. The number of hydrogen-bond acceptors (Lipinski definition) is 5. The average Bonchev–Trinajstić information content (AvgIpc) is 3.26. The van der Waals surface area contributed by atoms with Crippen LogP contribution < -0.4 is 21.9 Å². The van der Waals surface area contributed by atoms with Crippen molar-refractivity contribution in [3.05, 3.63) is 90.3 Å². The number of aromatic amines is 1. The van der Waals surface area contributed by atoms with Gasteiger partial charge in [-0.05, 0) is 56.7 Å². The molecular formula is C25H28N4O3S. The number of nitrogens with one attached hydrogen (secondary N) is 1. The van der Waals surface area contributed by atoms with E-state index < -0.39 is 11.2 Å². The lowest BCUT2D eigenvalue weighted by Crippen LogP contribution is -2.41. The molecule has 2 aromatic heterocycles. The van der Waals surface area contributed by atoms with Gasteiger partial charge in [0, 0.05) is 11.4 Å². The number of amides is 1. The van der Waals surface area contributed by atoms with E-state index in [2.05, 4.69) is 11.1 Å². The Morgan fingerprint density at radius 2 is 1.94 bits per heavy atom. The van der Waals surface area contributed by atoms with Gasteiger partial charge in [0.1, 0.15) is 5.82 Å². The molecule has 1 amide bonds. The molecule has 0 bridgehead atoms. The monoisotopic (exact) mass is 464 g/mol. The van der Waals surface area contributed by atoms with E-state index in [1.54, 1.807) is 6.07 Å². The van der Waals surface area contributed by atoms with Gasteiger partial charge in [0.2, 0.25) is 0 Å². The van der Waals surface area contributed by atoms with E-state index in [1.807, 2.05) is 43.3 Å². The zero-order valence-corrected chi connectivity index (χ0v) is 19.5. The molecular weight excluding hydrogens is 436 g/mol. The first kappa shape index (κ1) is 22.8. The zero-order valence-electron chi connectivity index (χ0n) is 18.7. The fraction of sp³-hybridized carbons (Fsp3) is 0.320. The van der Waals surface area contributed by atoms with Crippen molar-refractivity contribution in [1.29, 1.82) is 0 Å². The van der Waals surface area contributed by atoms with E-state index in [4.69, 9.17) is 5.73 Å². The predicted molar refractivity (Wildman–Crippen MR) is 133 cm³/mol. The average molecular weight is 465 g/mol. The summed E-state index contributed by atoms with van der Waals surface area (Å²) in [5.41, 5.74) is 7.33. The summed E-state index contributed by atoms with van der Waals surface area (Å²) in [4.78, 5) is 44.4. The van der Waals surface area contributed by atoms with Gasteiger partial charge < -0.3 is 5.73 Å². The van der Waals surface area contributed by atoms with Crippen LogP contribution in [0.1, 0.15) is 52.2 Å². The Morgan fingerprint density at radius 1 is 1.15 bits per heavy atom. The first-order chi connectivity index (χ1) is 15.9. The van der Waals surface area contributed by atoms with E-state index in [-0.39, 0.29) is 24.0 Å². The van der Waals surface area contributed by atoms with Gasteiger partial charge in [0.05, 0.1) is 11.4 Å². The number of carbonyl (C=O) groups excluding carboxylic acids is 1. The smallest absolute Gasteiger partial charge is 0.330 e. The SMILES string of the molecule is Cc1ccc(C(=O)N(CCC2=CCCCC2)c2c(N)n(Cc3ccccc3)c(=O)[nH]c2=O)s1. The fourth-order valence-corrected chi connectivity index (χ4v) is 4.96. The maximum Gasteiger partial charge on any atom is 0.330 e. The molecule has 0 spiro atoms. The molecule has 0 atom stereocenters. The maximum atomic E-state index is 13.5. The normalized spacial score (nSPS) is 13.5. The predicted octanol–water partition coefficient (Wildman–Crippen LogP) is 4.07. The van der Waals surface area contributed by atoms with Crippen LogP contribution in [0.5, 0.6) is 0 Å². The first-order valence-corrected chi connectivity index (χ1v) is 12.0. The number of aryl methyl sites for hydroxylation is 1. The number of carbonyl (C=O) groups is 1. The summed E-state index contributed by atoms with van der Waals surface area (Å²) in [5.74, 6) is -0.293. The van der Waals surface area contributed by atoms with Crippen molar-refractivity contribution in [2.75, 3.05) is 17.2 Å². The number of nitrogens with two attached hydrogens (primary N) is 1. The van der Waals surface area contributed by atoms with E-state index in [1.165, 1.54) is 32.8 Å². The van der Waals surface area contributed by atoms with Gasteiger partial charge in [-0.2, -0.15) is 0 Å². The van der Waals surface area contributed by atoms with Crippen LogP contribution in [0.4, 0.5) is 11.5 Å². The second kappa shape index (κ2) is 10.0. The summed E-state index contributed by atoms with van der Waals surface area (Å²) in [6.45, 7) is 2.44. The van der Waals surface area contributed by atoms with Gasteiger partial charge in [-0.3, -0.25) is 24.0 Å². The molecule has 4 rings (SSSR count). The lowest BCUT2D eigenvalue weighted by molar-refractivity contribution is 0.0990. The molecule has 1 aromatic carbocycles. The highest BCUT2D eigenvalue weighted by Gasteiger charge is 2.26. The van der Waals surface area contributed by atoms with Crippen LogP contribution >= 0.6 is 11.3 Å². The summed E-state index contributed by atoms with van der Waals surface area (Å²) >= 11 is 1.37. The Kier molecular flexibility index (Phi) is 6.93. The molecule has 0 saturated carbocycles. The van der Waals surface area contributed by atoms with E-state index in [9.17, 15) is 14.4 Å². The lowest BCUT2D eigenvalue weighted by Gasteiger charge is -2.25. The summed E-state index contributed by atoms with van der Waals surface area (Å²) < 4.78 is 1.31. The van der Waals surface area contributed by atoms with E-state index >= 15 is 0 Å². The van der Waals surface area contributed by atoms with Crippen LogP contribution in [0.3, 0.4) is 0 Å². The van der Waals surface area contributed by atoms with Crippen LogP contribution in [0.2, 0.25) is 0 Å². The Bertz CT molecular complexity index is 1290. The number of hydrogen-bond donors (Lipinski definition) is 2. The quantitative estimate of drug-likeness (QED) is 0.515. The van der Waals surface area contributed by atoms with Crippen molar-refractivity contribution < 1.29 is 4.79 Å². The summed E-state index contributed by atoms with van der Waals surface area (Å²) in [6, 6.07) is 13.0. The van der Waals surface area contributed by atoms with Crippen LogP contribution in [-0.4, -0.2) is 22.0 Å². The van der Waals surface area contributed by atoms with Crippen molar-refractivity contribution >= 4 is 28.7 Å². The zero-order chi connectivity index (χ0) is 23.4. The third-order valence-corrected chi connectivity index (χ3v) is 6.89. The molecule has 172 valence electrons. The molecule has 0 aliphatic heterocycles. The molecule has 0 unspecified atom stereocenters. The molecule has 3 N–H and O–H groups in total. The molecule has 3 aromatic rings. The van der Waals surface area contributed by atoms with Gasteiger partial charge in [-0.25, -0.2) is 4.79 Å². The minimum absolute atomic E-state index is 0.00754. The second-order valence-corrected chi connectivity index (χ2v) is 9.58. The summed E-state index contributed by atoms with van der Waals surface area (Å²) in [6.07, 6.45) is 7.24. The van der Waals surface area contributed by atoms with Crippen molar-refractivity contribution in [3.63, 3.8) is 0 Å². The molecule has 1 aliphatic rings. The van der Waals surface area contributed by atoms with Crippen LogP contribution in [0, 0.1) is 6.92 Å². The van der Waals surface area contributed by atoms with Crippen molar-refractivity contribution in [2.24, 2.45) is 0 Å². The molecule has 7 nitrogen and oxygen atoms in total. The molecule has 0 saturated heterocycles. The second-order valence-electron chi connectivity index (χ2n) is 8.29.